The highest BCUT2D eigenvalue weighted by molar-refractivity contribution is 5.80. The minimum Gasteiger partial charge on any atom is -0.479 e. The zero-order valence-corrected chi connectivity index (χ0v) is 10.5. The molecule has 2 N–H and O–H groups in total. The van der Waals surface area contributed by atoms with Gasteiger partial charge in [-0.15, -0.1) is 0 Å². The van der Waals surface area contributed by atoms with E-state index in [4.69, 9.17) is 14.3 Å². The molecule has 6 heteroatoms. The molecule has 104 valence electrons. The molecule has 0 fully saturated rings. The number of aliphatic carboxylic acids is 1. The van der Waals surface area contributed by atoms with Gasteiger partial charge >= 0.3 is 12.1 Å². The molecule has 0 saturated heterocycles. The summed E-state index contributed by atoms with van der Waals surface area (Å²) in [4.78, 5) is 22.7. The number of carbonyl (C=O) groups excluding carboxylic acids is 1. The van der Waals surface area contributed by atoms with Crippen molar-refractivity contribution in [1.29, 1.82) is 0 Å². The van der Waals surface area contributed by atoms with Crippen LogP contribution in [-0.2, 0) is 16.1 Å². The summed E-state index contributed by atoms with van der Waals surface area (Å²) in [5, 5.41) is 11.3. The van der Waals surface area contributed by atoms with Crippen molar-refractivity contribution in [3.05, 3.63) is 60.1 Å². The molecule has 20 heavy (non-hydrogen) atoms. The SMILES string of the molecule is O=C(N[C@H](C(=O)O)c1ccco1)OCc1ccccc1. The van der Waals surface area contributed by atoms with Crippen LogP contribution < -0.4 is 5.32 Å². The van der Waals surface area contributed by atoms with Crippen molar-refractivity contribution >= 4 is 12.1 Å². The van der Waals surface area contributed by atoms with Gasteiger partial charge in [0.1, 0.15) is 12.4 Å². The molecule has 0 bridgehead atoms. The van der Waals surface area contributed by atoms with E-state index in [1.54, 1.807) is 18.2 Å². The summed E-state index contributed by atoms with van der Waals surface area (Å²) >= 11 is 0. The fourth-order valence-corrected chi connectivity index (χ4v) is 1.59. The van der Waals surface area contributed by atoms with Gasteiger partial charge in [0.05, 0.1) is 6.26 Å². The highest BCUT2D eigenvalue weighted by Crippen LogP contribution is 2.14. The quantitative estimate of drug-likeness (QED) is 0.874. The number of nitrogens with one attached hydrogen (secondary N) is 1. The highest BCUT2D eigenvalue weighted by Gasteiger charge is 2.25. The Bertz CT molecular complexity index is 565. The zero-order chi connectivity index (χ0) is 14.4. The maximum atomic E-state index is 11.6. The lowest BCUT2D eigenvalue weighted by Gasteiger charge is -2.12. The Balaban J connectivity index is 1.91. The van der Waals surface area contributed by atoms with Crippen molar-refractivity contribution in [2.45, 2.75) is 12.6 Å². The van der Waals surface area contributed by atoms with Gasteiger partial charge in [0.2, 0.25) is 0 Å². The van der Waals surface area contributed by atoms with Crippen LogP contribution in [0.4, 0.5) is 4.79 Å². The monoisotopic (exact) mass is 275 g/mol. The Labute approximate surface area is 115 Å². The smallest absolute Gasteiger partial charge is 0.408 e. The number of carboxylic acid groups (broad SMARTS) is 1. The molecular weight excluding hydrogens is 262 g/mol. The molecule has 0 aliphatic rings. The molecular formula is C14H13NO5. The lowest BCUT2D eigenvalue weighted by atomic mass is 10.2. The van der Waals surface area contributed by atoms with Crippen molar-refractivity contribution in [2.75, 3.05) is 0 Å². The predicted molar refractivity (Wildman–Crippen MR) is 68.8 cm³/mol. The third kappa shape index (κ3) is 3.61. The molecule has 0 aliphatic heterocycles. The van der Waals surface area contributed by atoms with Crippen LogP contribution in [0.15, 0.2) is 53.1 Å². The fourth-order valence-electron chi connectivity index (χ4n) is 1.59. The predicted octanol–water partition coefficient (Wildman–Crippen LogP) is 2.33. The number of alkyl carbamates (subject to hydrolysis) is 1. The van der Waals surface area contributed by atoms with Gasteiger partial charge in [0, 0.05) is 0 Å². The van der Waals surface area contributed by atoms with Gasteiger partial charge in [0.15, 0.2) is 6.04 Å². The van der Waals surface area contributed by atoms with Gasteiger partial charge in [-0.2, -0.15) is 0 Å². The lowest BCUT2D eigenvalue weighted by Crippen LogP contribution is -2.33. The van der Waals surface area contributed by atoms with E-state index in [0.29, 0.717) is 0 Å². The Morgan fingerprint density at radius 3 is 2.55 bits per heavy atom. The Kier molecular flexibility index (Phi) is 4.39. The highest BCUT2D eigenvalue weighted by atomic mass is 16.5. The molecule has 1 heterocycles. The van der Waals surface area contributed by atoms with Crippen molar-refractivity contribution < 1.29 is 23.8 Å². The summed E-state index contributed by atoms with van der Waals surface area (Å²) in [6.07, 6.45) is 0.514. The van der Waals surface area contributed by atoms with Crippen LogP contribution in [0.1, 0.15) is 17.4 Å². The van der Waals surface area contributed by atoms with Gasteiger partial charge in [-0.05, 0) is 17.7 Å². The molecule has 2 rings (SSSR count). The molecule has 0 saturated carbocycles. The molecule has 0 aliphatic carbocycles. The van der Waals surface area contributed by atoms with Crippen LogP contribution in [0.5, 0.6) is 0 Å². The maximum Gasteiger partial charge on any atom is 0.408 e. The summed E-state index contributed by atoms with van der Waals surface area (Å²) in [6.45, 7) is 0.0666. The molecule has 6 nitrogen and oxygen atoms in total. The summed E-state index contributed by atoms with van der Waals surface area (Å²) in [7, 11) is 0. The molecule has 0 unspecified atom stereocenters. The number of furan rings is 1. The van der Waals surface area contributed by atoms with Crippen LogP contribution in [-0.4, -0.2) is 17.2 Å². The lowest BCUT2D eigenvalue weighted by molar-refractivity contribution is -0.140. The zero-order valence-electron chi connectivity index (χ0n) is 10.5. The number of hydrogen-bond acceptors (Lipinski definition) is 4. The first-order chi connectivity index (χ1) is 9.66. The van der Waals surface area contributed by atoms with Gasteiger partial charge in [-0.3, -0.25) is 0 Å². The van der Waals surface area contributed by atoms with Crippen molar-refractivity contribution in [3.8, 4) is 0 Å². The Hall–Kier alpha value is -2.76. The number of amides is 1. The van der Waals surface area contributed by atoms with Crippen LogP contribution in [0.2, 0.25) is 0 Å². The first-order valence-corrected chi connectivity index (χ1v) is 5.90. The minimum atomic E-state index is -1.27. The molecule has 1 aromatic carbocycles. The second kappa shape index (κ2) is 6.42. The number of carbonyl (C=O) groups is 2. The van der Waals surface area contributed by atoms with E-state index < -0.39 is 18.1 Å². The van der Waals surface area contributed by atoms with Crippen molar-refractivity contribution in [3.63, 3.8) is 0 Å². The fraction of sp³-hybridized carbons (Fsp3) is 0.143. The van der Waals surface area contributed by atoms with E-state index in [-0.39, 0.29) is 12.4 Å². The summed E-state index contributed by atoms with van der Waals surface area (Å²) in [5.74, 6) is -1.09. The van der Waals surface area contributed by atoms with Crippen LogP contribution in [0.3, 0.4) is 0 Å². The standard InChI is InChI=1S/C14H13NO5/c16-13(17)12(11-7-4-8-19-11)15-14(18)20-9-10-5-2-1-3-6-10/h1-8,12H,9H2,(H,15,18)(H,16,17)/t12-/m0/s1. The van der Waals surface area contributed by atoms with E-state index in [9.17, 15) is 9.59 Å². The van der Waals surface area contributed by atoms with Gasteiger partial charge in [-0.25, -0.2) is 9.59 Å². The Morgan fingerprint density at radius 2 is 1.95 bits per heavy atom. The van der Waals surface area contributed by atoms with E-state index in [1.165, 1.54) is 12.3 Å². The van der Waals surface area contributed by atoms with E-state index in [2.05, 4.69) is 5.32 Å². The van der Waals surface area contributed by atoms with Crippen LogP contribution in [0.25, 0.3) is 0 Å². The average Bonchev–Trinajstić information content (AvgIpc) is 2.97. The largest absolute Gasteiger partial charge is 0.479 e. The maximum absolute atomic E-state index is 11.6. The minimum absolute atomic E-state index is 0.0666. The van der Waals surface area contributed by atoms with E-state index in [0.717, 1.165) is 5.56 Å². The number of ether oxygens (including phenoxy) is 1. The second-order valence-corrected chi connectivity index (χ2v) is 3.99. The normalized spacial score (nSPS) is 11.6. The van der Waals surface area contributed by atoms with Crippen LogP contribution in [0, 0.1) is 0 Å². The number of hydrogen-bond donors (Lipinski definition) is 2. The second-order valence-electron chi connectivity index (χ2n) is 3.99. The average molecular weight is 275 g/mol. The Morgan fingerprint density at radius 1 is 1.20 bits per heavy atom. The van der Waals surface area contributed by atoms with Crippen molar-refractivity contribution in [1.82, 2.24) is 5.32 Å². The topological polar surface area (TPSA) is 88.8 Å². The van der Waals surface area contributed by atoms with Crippen LogP contribution >= 0.6 is 0 Å². The molecule has 1 aromatic heterocycles. The van der Waals surface area contributed by atoms with E-state index in [1.807, 2.05) is 18.2 Å². The van der Waals surface area contributed by atoms with Gasteiger partial charge in [0.25, 0.3) is 0 Å². The first kappa shape index (κ1) is 13.7. The number of carboxylic acids is 1. The number of benzene rings is 1. The molecule has 0 radical (unpaired) electrons. The van der Waals surface area contributed by atoms with E-state index >= 15 is 0 Å². The van der Waals surface area contributed by atoms with Gasteiger partial charge in [-0.1, -0.05) is 30.3 Å². The first-order valence-electron chi connectivity index (χ1n) is 5.90. The summed E-state index contributed by atoms with van der Waals surface area (Å²) in [6, 6.07) is 10.8. The molecule has 0 spiro atoms. The van der Waals surface area contributed by atoms with Crippen molar-refractivity contribution in [2.24, 2.45) is 0 Å². The third-order valence-electron chi connectivity index (χ3n) is 2.55. The van der Waals surface area contributed by atoms with Gasteiger partial charge < -0.3 is 19.6 Å². The number of rotatable bonds is 5. The molecule has 2 aromatic rings. The summed E-state index contributed by atoms with van der Waals surface area (Å²) < 4.78 is 9.92. The third-order valence-corrected chi connectivity index (χ3v) is 2.55. The molecule has 1 atom stereocenters. The molecule has 1 amide bonds. The summed E-state index contributed by atoms with van der Waals surface area (Å²) in [5.41, 5.74) is 0.813.